The Morgan fingerprint density at radius 1 is 1.50 bits per heavy atom. The minimum absolute atomic E-state index is 0.0359. The smallest absolute Gasteiger partial charge is 0.267 e. The molecule has 0 aliphatic heterocycles. The lowest BCUT2D eigenvalue weighted by molar-refractivity contribution is -0.112. The molecule has 106 valence electrons. The summed E-state index contributed by atoms with van der Waals surface area (Å²) in [4.78, 5) is 11.9. The van der Waals surface area contributed by atoms with Gasteiger partial charge in [0.15, 0.2) is 0 Å². The van der Waals surface area contributed by atoms with Gasteiger partial charge < -0.3 is 10.6 Å². The Labute approximate surface area is 124 Å². The Bertz CT molecular complexity index is 532. The number of nitriles is 1. The number of nitrogens with one attached hydrogen (secondary N) is 2. The second kappa shape index (κ2) is 8.23. The first-order chi connectivity index (χ1) is 9.52. The highest BCUT2D eigenvalue weighted by Crippen LogP contribution is 2.15. The van der Waals surface area contributed by atoms with Crippen LogP contribution in [0.1, 0.15) is 20.3 Å². The second-order valence-electron chi connectivity index (χ2n) is 4.77. The monoisotopic (exact) mass is 291 g/mol. The zero-order valence-corrected chi connectivity index (χ0v) is 12.4. The van der Waals surface area contributed by atoms with Gasteiger partial charge in [-0.2, -0.15) is 5.26 Å². The van der Waals surface area contributed by atoms with Gasteiger partial charge >= 0.3 is 0 Å². The average Bonchev–Trinajstić information content (AvgIpc) is 2.38. The number of amides is 1. The first kappa shape index (κ1) is 16.1. The van der Waals surface area contributed by atoms with Crippen molar-refractivity contribution in [3.63, 3.8) is 0 Å². The maximum Gasteiger partial charge on any atom is 0.267 e. The van der Waals surface area contributed by atoms with E-state index in [-0.39, 0.29) is 5.57 Å². The highest BCUT2D eigenvalue weighted by Gasteiger charge is 2.09. The molecule has 20 heavy (non-hydrogen) atoms. The van der Waals surface area contributed by atoms with Crippen molar-refractivity contribution >= 4 is 23.2 Å². The fraction of sp³-hybridized carbons (Fsp3) is 0.333. The van der Waals surface area contributed by atoms with Gasteiger partial charge in [0.2, 0.25) is 0 Å². The summed E-state index contributed by atoms with van der Waals surface area (Å²) in [5, 5.41) is 15.1. The van der Waals surface area contributed by atoms with Crippen molar-refractivity contribution < 1.29 is 4.79 Å². The molecular weight excluding hydrogens is 274 g/mol. The summed E-state index contributed by atoms with van der Waals surface area (Å²) in [5.41, 5.74) is 0.597. The number of anilines is 1. The molecule has 0 saturated heterocycles. The molecule has 1 aromatic rings. The molecule has 1 amide bonds. The largest absolute Gasteiger partial charge is 0.390 e. The minimum Gasteiger partial charge on any atom is -0.390 e. The van der Waals surface area contributed by atoms with Gasteiger partial charge in [-0.3, -0.25) is 4.79 Å². The van der Waals surface area contributed by atoms with E-state index in [9.17, 15) is 4.79 Å². The first-order valence-corrected chi connectivity index (χ1v) is 6.81. The van der Waals surface area contributed by atoms with Gasteiger partial charge in [-0.25, -0.2) is 0 Å². The van der Waals surface area contributed by atoms with Gasteiger partial charge in [0.25, 0.3) is 5.91 Å². The number of nitrogens with zero attached hydrogens (tertiary/aromatic N) is 1. The van der Waals surface area contributed by atoms with Crippen molar-refractivity contribution in [3.8, 4) is 6.07 Å². The van der Waals surface area contributed by atoms with Crippen molar-refractivity contribution in [1.29, 1.82) is 5.26 Å². The van der Waals surface area contributed by atoms with Crippen LogP contribution < -0.4 is 10.6 Å². The summed E-state index contributed by atoms with van der Waals surface area (Å²) in [7, 11) is 0. The van der Waals surface area contributed by atoms with E-state index in [2.05, 4.69) is 24.5 Å². The molecule has 0 saturated carbocycles. The van der Waals surface area contributed by atoms with E-state index in [1.807, 2.05) is 6.07 Å². The molecule has 0 bridgehead atoms. The van der Waals surface area contributed by atoms with Gasteiger partial charge in [-0.05, 0) is 30.5 Å². The second-order valence-corrected chi connectivity index (χ2v) is 5.21. The van der Waals surface area contributed by atoms with Crippen molar-refractivity contribution in [1.82, 2.24) is 5.32 Å². The summed E-state index contributed by atoms with van der Waals surface area (Å²) in [5.74, 6) is 0.119. The Balaban J connectivity index is 2.59. The Morgan fingerprint density at radius 3 is 2.85 bits per heavy atom. The number of rotatable bonds is 6. The van der Waals surface area contributed by atoms with E-state index >= 15 is 0 Å². The van der Waals surface area contributed by atoms with Gasteiger partial charge in [-0.1, -0.05) is 31.5 Å². The number of carbonyl (C=O) groups is 1. The molecule has 0 aromatic heterocycles. The first-order valence-electron chi connectivity index (χ1n) is 6.43. The Morgan fingerprint density at radius 2 is 2.25 bits per heavy atom. The lowest BCUT2D eigenvalue weighted by Gasteiger charge is -2.06. The normalized spacial score (nSPS) is 11.1. The zero-order chi connectivity index (χ0) is 15.0. The van der Waals surface area contributed by atoms with Crippen molar-refractivity contribution in [2.24, 2.45) is 5.92 Å². The van der Waals surface area contributed by atoms with Crippen LogP contribution in [0, 0.1) is 17.2 Å². The molecule has 0 fully saturated rings. The lowest BCUT2D eigenvalue weighted by atomic mass is 10.1. The SMILES string of the molecule is CC(C)CCN/C=C(/C#N)C(=O)Nc1cccc(Cl)c1. The predicted molar refractivity (Wildman–Crippen MR) is 81.2 cm³/mol. The summed E-state index contributed by atoms with van der Waals surface area (Å²) < 4.78 is 0. The van der Waals surface area contributed by atoms with E-state index in [1.165, 1.54) is 6.20 Å². The Kier molecular flexibility index (Phi) is 6.61. The van der Waals surface area contributed by atoms with Crippen LogP contribution in [-0.2, 0) is 4.79 Å². The van der Waals surface area contributed by atoms with Gasteiger partial charge in [0.1, 0.15) is 11.6 Å². The highest BCUT2D eigenvalue weighted by atomic mass is 35.5. The maximum atomic E-state index is 11.9. The molecule has 0 aliphatic rings. The Hall–Kier alpha value is -1.99. The molecule has 5 heteroatoms. The summed E-state index contributed by atoms with van der Waals surface area (Å²) in [6.45, 7) is 4.96. The van der Waals surface area contributed by atoms with E-state index < -0.39 is 5.91 Å². The van der Waals surface area contributed by atoms with Crippen molar-refractivity contribution in [2.45, 2.75) is 20.3 Å². The predicted octanol–water partition coefficient (Wildman–Crippen LogP) is 3.32. The molecule has 0 heterocycles. The van der Waals surface area contributed by atoms with Crippen molar-refractivity contribution in [2.75, 3.05) is 11.9 Å². The third-order valence-electron chi connectivity index (χ3n) is 2.56. The topological polar surface area (TPSA) is 64.9 Å². The van der Waals surface area contributed by atoms with Crippen LogP contribution in [0.5, 0.6) is 0 Å². The van der Waals surface area contributed by atoms with Crippen LogP contribution in [-0.4, -0.2) is 12.5 Å². The quantitative estimate of drug-likeness (QED) is 0.480. The number of benzene rings is 1. The number of hydrogen-bond acceptors (Lipinski definition) is 3. The van der Waals surface area contributed by atoms with Crippen LogP contribution in [0.3, 0.4) is 0 Å². The third-order valence-corrected chi connectivity index (χ3v) is 2.80. The molecule has 0 unspecified atom stereocenters. The molecule has 0 atom stereocenters. The van der Waals surface area contributed by atoms with E-state index in [1.54, 1.807) is 24.3 Å². The molecule has 0 aliphatic carbocycles. The minimum atomic E-state index is -0.452. The van der Waals surface area contributed by atoms with Crippen LogP contribution in [0.15, 0.2) is 36.0 Å². The van der Waals surface area contributed by atoms with E-state index in [0.717, 1.165) is 13.0 Å². The van der Waals surface area contributed by atoms with E-state index in [4.69, 9.17) is 16.9 Å². The molecule has 0 radical (unpaired) electrons. The number of hydrogen-bond donors (Lipinski definition) is 2. The number of carbonyl (C=O) groups excluding carboxylic acids is 1. The van der Waals surface area contributed by atoms with Gasteiger partial charge in [0.05, 0.1) is 0 Å². The number of halogens is 1. The molecule has 0 spiro atoms. The van der Waals surface area contributed by atoms with Crippen LogP contribution in [0.2, 0.25) is 5.02 Å². The zero-order valence-electron chi connectivity index (χ0n) is 11.6. The molecule has 2 N–H and O–H groups in total. The molecule has 4 nitrogen and oxygen atoms in total. The van der Waals surface area contributed by atoms with Gasteiger partial charge in [0, 0.05) is 23.5 Å². The van der Waals surface area contributed by atoms with Gasteiger partial charge in [-0.15, -0.1) is 0 Å². The average molecular weight is 292 g/mol. The third kappa shape index (κ3) is 5.77. The van der Waals surface area contributed by atoms with Crippen LogP contribution in [0.4, 0.5) is 5.69 Å². The van der Waals surface area contributed by atoms with E-state index in [0.29, 0.717) is 16.6 Å². The van der Waals surface area contributed by atoms with Crippen LogP contribution in [0.25, 0.3) is 0 Å². The summed E-state index contributed by atoms with van der Waals surface area (Å²) >= 11 is 5.83. The fourth-order valence-electron chi connectivity index (χ4n) is 1.46. The van der Waals surface area contributed by atoms with Crippen molar-refractivity contribution in [3.05, 3.63) is 41.1 Å². The summed E-state index contributed by atoms with van der Waals surface area (Å²) in [6, 6.07) is 8.66. The molecular formula is C15H18ClN3O. The standard InChI is InChI=1S/C15H18ClN3O/c1-11(2)6-7-18-10-12(9-17)15(20)19-14-5-3-4-13(16)8-14/h3-5,8,10-11,18H,6-7H2,1-2H3,(H,19,20)/b12-10-. The fourth-order valence-corrected chi connectivity index (χ4v) is 1.65. The highest BCUT2D eigenvalue weighted by molar-refractivity contribution is 6.31. The molecule has 1 rings (SSSR count). The maximum absolute atomic E-state index is 11.9. The lowest BCUT2D eigenvalue weighted by Crippen LogP contribution is -2.17. The van der Waals surface area contributed by atoms with Crippen LogP contribution >= 0.6 is 11.6 Å². The summed E-state index contributed by atoms with van der Waals surface area (Å²) in [6.07, 6.45) is 2.42. The molecule has 1 aromatic carbocycles.